The molecule has 19 heavy (non-hydrogen) atoms. The van der Waals surface area contributed by atoms with Crippen molar-refractivity contribution in [3.8, 4) is 0 Å². The number of nitrogens with one attached hydrogen (secondary N) is 2. The molecule has 3 N–H and O–H groups in total. The minimum atomic E-state index is -0.891. The van der Waals surface area contributed by atoms with Crippen molar-refractivity contribution < 1.29 is 14.7 Å². The summed E-state index contributed by atoms with van der Waals surface area (Å²) >= 11 is 0. The van der Waals surface area contributed by atoms with Gasteiger partial charge < -0.3 is 10.4 Å². The molecule has 1 aliphatic carbocycles. The minimum absolute atomic E-state index is 0. The van der Waals surface area contributed by atoms with Gasteiger partial charge in [-0.2, -0.15) is 0 Å². The maximum absolute atomic E-state index is 11.9. The first-order valence-electron chi connectivity index (χ1n) is 6.83. The number of hydrogen-bond acceptors (Lipinski definition) is 3. The fourth-order valence-corrected chi connectivity index (χ4v) is 2.34. The van der Waals surface area contributed by atoms with Gasteiger partial charge in [-0.25, -0.2) is 0 Å². The molecule has 1 amide bonds. The van der Waals surface area contributed by atoms with E-state index < -0.39 is 18.1 Å². The third kappa shape index (κ3) is 6.25. The predicted octanol–water partition coefficient (Wildman–Crippen LogP) is 1.70. The number of hydrogen-bond donors (Lipinski definition) is 3. The highest BCUT2D eigenvalue weighted by molar-refractivity contribution is 5.85. The topological polar surface area (TPSA) is 78.4 Å². The molecule has 2 unspecified atom stereocenters. The molecule has 0 radical (unpaired) electrons. The SMILES string of the molecule is CCCC(NC(C)C(=O)NC1CCCC1)C(=O)O.Cl. The lowest BCUT2D eigenvalue weighted by Gasteiger charge is -2.21. The molecule has 0 bridgehead atoms. The van der Waals surface area contributed by atoms with Crippen LogP contribution in [0.1, 0.15) is 52.4 Å². The van der Waals surface area contributed by atoms with Crippen LogP contribution in [0.25, 0.3) is 0 Å². The molecule has 112 valence electrons. The van der Waals surface area contributed by atoms with Gasteiger partial charge in [-0.3, -0.25) is 14.9 Å². The van der Waals surface area contributed by atoms with Gasteiger partial charge in [0.1, 0.15) is 6.04 Å². The first kappa shape index (κ1) is 18.2. The summed E-state index contributed by atoms with van der Waals surface area (Å²) in [5.74, 6) is -0.985. The quantitative estimate of drug-likeness (QED) is 0.667. The van der Waals surface area contributed by atoms with Crippen molar-refractivity contribution in [3.63, 3.8) is 0 Å². The lowest BCUT2D eigenvalue weighted by molar-refractivity contribution is -0.140. The summed E-state index contributed by atoms with van der Waals surface area (Å²) in [6.07, 6.45) is 5.73. The number of carbonyl (C=O) groups excluding carboxylic acids is 1. The maximum Gasteiger partial charge on any atom is 0.320 e. The van der Waals surface area contributed by atoms with E-state index in [-0.39, 0.29) is 24.4 Å². The van der Waals surface area contributed by atoms with Crippen LogP contribution in [-0.2, 0) is 9.59 Å². The van der Waals surface area contributed by atoms with Crippen LogP contribution in [0.5, 0.6) is 0 Å². The zero-order valence-corrected chi connectivity index (χ0v) is 12.5. The van der Waals surface area contributed by atoms with Crippen molar-refractivity contribution >= 4 is 24.3 Å². The van der Waals surface area contributed by atoms with Crippen molar-refractivity contribution in [1.82, 2.24) is 10.6 Å². The number of carboxylic acid groups (broad SMARTS) is 1. The van der Waals surface area contributed by atoms with E-state index in [9.17, 15) is 9.59 Å². The molecule has 1 saturated carbocycles. The second-order valence-corrected chi connectivity index (χ2v) is 5.06. The Bertz CT molecular complexity index is 294. The first-order chi connectivity index (χ1) is 8.54. The monoisotopic (exact) mass is 292 g/mol. The molecule has 0 aromatic heterocycles. The van der Waals surface area contributed by atoms with E-state index in [0.29, 0.717) is 6.42 Å². The van der Waals surface area contributed by atoms with Crippen LogP contribution in [0, 0.1) is 0 Å². The van der Waals surface area contributed by atoms with Gasteiger partial charge in [0.05, 0.1) is 6.04 Å². The highest BCUT2D eigenvalue weighted by atomic mass is 35.5. The molecular formula is C13H25ClN2O3. The van der Waals surface area contributed by atoms with E-state index in [1.165, 1.54) is 12.8 Å². The maximum atomic E-state index is 11.9. The molecule has 0 saturated heterocycles. The summed E-state index contributed by atoms with van der Waals surface area (Å²) < 4.78 is 0. The van der Waals surface area contributed by atoms with Crippen LogP contribution in [0.15, 0.2) is 0 Å². The summed E-state index contributed by atoms with van der Waals surface area (Å²) in [7, 11) is 0. The third-order valence-electron chi connectivity index (χ3n) is 3.42. The van der Waals surface area contributed by atoms with Crippen LogP contribution < -0.4 is 10.6 Å². The Hall–Kier alpha value is -0.810. The van der Waals surface area contributed by atoms with Crippen LogP contribution in [0.3, 0.4) is 0 Å². The Labute approximate surface area is 120 Å². The number of amides is 1. The molecule has 6 heteroatoms. The molecule has 0 aromatic rings. The van der Waals surface area contributed by atoms with Gasteiger partial charge in [0.2, 0.25) is 5.91 Å². The lowest BCUT2D eigenvalue weighted by atomic mass is 10.1. The summed E-state index contributed by atoms with van der Waals surface area (Å²) in [4.78, 5) is 22.9. The van der Waals surface area contributed by atoms with E-state index in [1.54, 1.807) is 6.92 Å². The van der Waals surface area contributed by atoms with Gasteiger partial charge in [-0.1, -0.05) is 26.2 Å². The molecule has 0 spiro atoms. The summed E-state index contributed by atoms with van der Waals surface area (Å²) in [5, 5.41) is 14.9. The smallest absolute Gasteiger partial charge is 0.320 e. The predicted molar refractivity (Wildman–Crippen MR) is 76.6 cm³/mol. The van der Waals surface area contributed by atoms with Crippen molar-refractivity contribution in [2.75, 3.05) is 0 Å². The average Bonchev–Trinajstić information content (AvgIpc) is 2.80. The Kier molecular flexibility index (Phi) is 8.76. The van der Waals surface area contributed by atoms with Crippen LogP contribution >= 0.6 is 12.4 Å². The zero-order valence-electron chi connectivity index (χ0n) is 11.6. The standard InChI is InChI=1S/C13H24N2O3.ClH/c1-3-6-11(13(17)18)14-9(2)12(16)15-10-7-4-5-8-10;/h9-11,14H,3-8H2,1-2H3,(H,15,16)(H,17,18);1H. The number of aliphatic carboxylic acids is 1. The number of halogens is 1. The van der Waals surface area contributed by atoms with Crippen LogP contribution in [0.2, 0.25) is 0 Å². The largest absolute Gasteiger partial charge is 0.480 e. The van der Waals surface area contributed by atoms with E-state index in [1.807, 2.05) is 6.92 Å². The molecule has 1 aliphatic rings. The van der Waals surface area contributed by atoms with Crippen molar-refractivity contribution in [1.29, 1.82) is 0 Å². The van der Waals surface area contributed by atoms with Crippen LogP contribution in [-0.4, -0.2) is 35.1 Å². The normalized spacial score (nSPS) is 18.4. The van der Waals surface area contributed by atoms with Crippen molar-refractivity contribution in [2.45, 2.75) is 70.5 Å². The van der Waals surface area contributed by atoms with Gasteiger partial charge in [0, 0.05) is 6.04 Å². The van der Waals surface area contributed by atoms with Crippen molar-refractivity contribution in [3.05, 3.63) is 0 Å². The zero-order chi connectivity index (χ0) is 13.5. The second-order valence-electron chi connectivity index (χ2n) is 5.06. The van der Waals surface area contributed by atoms with E-state index in [0.717, 1.165) is 19.3 Å². The molecule has 5 nitrogen and oxygen atoms in total. The Balaban J connectivity index is 0.00000324. The van der Waals surface area contributed by atoms with Gasteiger partial charge in [0.15, 0.2) is 0 Å². The Morgan fingerprint density at radius 3 is 2.37 bits per heavy atom. The first-order valence-corrected chi connectivity index (χ1v) is 6.83. The third-order valence-corrected chi connectivity index (χ3v) is 3.42. The van der Waals surface area contributed by atoms with Crippen molar-refractivity contribution in [2.24, 2.45) is 0 Å². The van der Waals surface area contributed by atoms with Crippen LogP contribution in [0.4, 0.5) is 0 Å². The van der Waals surface area contributed by atoms with Gasteiger partial charge in [-0.15, -0.1) is 12.4 Å². The number of rotatable bonds is 7. The summed E-state index contributed by atoms with van der Waals surface area (Å²) in [6, 6.07) is -0.825. The van der Waals surface area contributed by atoms with E-state index in [2.05, 4.69) is 10.6 Å². The molecule has 1 rings (SSSR count). The number of carboxylic acids is 1. The fraction of sp³-hybridized carbons (Fsp3) is 0.846. The highest BCUT2D eigenvalue weighted by Gasteiger charge is 2.24. The number of carbonyl (C=O) groups is 2. The van der Waals surface area contributed by atoms with Gasteiger partial charge in [-0.05, 0) is 26.2 Å². The van der Waals surface area contributed by atoms with E-state index in [4.69, 9.17) is 5.11 Å². The van der Waals surface area contributed by atoms with E-state index >= 15 is 0 Å². The van der Waals surface area contributed by atoms with Gasteiger partial charge in [0.25, 0.3) is 0 Å². The highest BCUT2D eigenvalue weighted by Crippen LogP contribution is 2.17. The lowest BCUT2D eigenvalue weighted by Crippen LogP contribution is -2.51. The average molecular weight is 293 g/mol. The molecular weight excluding hydrogens is 268 g/mol. The fourth-order valence-electron chi connectivity index (χ4n) is 2.34. The second kappa shape index (κ2) is 9.15. The summed E-state index contributed by atoms with van der Waals surface area (Å²) in [6.45, 7) is 3.65. The van der Waals surface area contributed by atoms with Gasteiger partial charge >= 0.3 is 5.97 Å². The molecule has 1 fully saturated rings. The molecule has 0 aromatic carbocycles. The molecule has 2 atom stereocenters. The Morgan fingerprint density at radius 2 is 1.89 bits per heavy atom. The minimum Gasteiger partial charge on any atom is -0.480 e. The Morgan fingerprint density at radius 1 is 1.32 bits per heavy atom. The molecule has 0 heterocycles. The summed E-state index contributed by atoms with van der Waals surface area (Å²) in [5.41, 5.74) is 0. The molecule has 0 aliphatic heterocycles.